The van der Waals surface area contributed by atoms with Crippen molar-refractivity contribution in [2.75, 3.05) is 0 Å². The highest BCUT2D eigenvalue weighted by Gasteiger charge is 2.08. The maximum absolute atomic E-state index is 9.40. The lowest BCUT2D eigenvalue weighted by Gasteiger charge is -2.08. The Kier molecular flexibility index (Phi) is 3.06. The van der Waals surface area contributed by atoms with Crippen molar-refractivity contribution in [3.05, 3.63) is 53.4 Å². The highest BCUT2D eigenvalue weighted by Crippen LogP contribution is 2.24. The van der Waals surface area contributed by atoms with E-state index in [4.69, 9.17) is 9.15 Å². The number of ether oxygens (including phenoxy) is 1. The van der Waals surface area contributed by atoms with Crippen molar-refractivity contribution in [3.63, 3.8) is 0 Å². The molecule has 3 rings (SSSR count). The molecule has 20 heavy (non-hydrogen) atoms. The van der Waals surface area contributed by atoms with E-state index in [1.165, 1.54) is 5.56 Å². The molecule has 1 aromatic heterocycles. The van der Waals surface area contributed by atoms with Crippen LogP contribution in [-0.2, 0) is 6.61 Å². The fraction of sp³-hybridized carbons (Fsp3) is 0.188. The predicted octanol–water partition coefficient (Wildman–Crippen LogP) is 3.73. The molecule has 1 heterocycles. The number of benzene rings is 2. The first kappa shape index (κ1) is 12.5. The molecule has 0 radical (unpaired) electrons. The summed E-state index contributed by atoms with van der Waals surface area (Å²) in [5.74, 6) is 1.48. The molecule has 0 spiro atoms. The maximum Gasteiger partial charge on any atom is 0.233 e. The third-order valence-electron chi connectivity index (χ3n) is 3.32. The number of fused-ring (bicyclic) bond motifs is 1. The monoisotopic (exact) mass is 269 g/mol. The van der Waals surface area contributed by atoms with Crippen molar-refractivity contribution in [2.24, 2.45) is 0 Å². The first-order valence-electron chi connectivity index (χ1n) is 6.41. The molecule has 0 saturated heterocycles. The quantitative estimate of drug-likeness (QED) is 0.787. The molecule has 0 aliphatic heterocycles. The zero-order valence-corrected chi connectivity index (χ0v) is 11.4. The number of phenolic OH excluding ortho intramolecular Hbond substituents is 1. The maximum atomic E-state index is 9.40. The van der Waals surface area contributed by atoms with Gasteiger partial charge in [0.25, 0.3) is 0 Å². The van der Waals surface area contributed by atoms with Gasteiger partial charge in [0.2, 0.25) is 5.89 Å². The van der Waals surface area contributed by atoms with Crippen LogP contribution in [0.1, 0.15) is 17.0 Å². The molecular weight excluding hydrogens is 254 g/mol. The third-order valence-corrected chi connectivity index (χ3v) is 3.32. The summed E-state index contributed by atoms with van der Waals surface area (Å²) in [4.78, 5) is 4.32. The lowest BCUT2D eigenvalue weighted by Crippen LogP contribution is -1.98. The van der Waals surface area contributed by atoms with E-state index in [0.717, 1.165) is 11.3 Å². The summed E-state index contributed by atoms with van der Waals surface area (Å²) < 4.78 is 11.3. The number of oxazole rings is 1. The predicted molar refractivity (Wildman–Crippen MR) is 75.9 cm³/mol. The Morgan fingerprint density at radius 3 is 2.90 bits per heavy atom. The van der Waals surface area contributed by atoms with Gasteiger partial charge in [-0.05, 0) is 43.2 Å². The molecule has 3 aromatic rings. The van der Waals surface area contributed by atoms with E-state index in [-0.39, 0.29) is 12.4 Å². The summed E-state index contributed by atoms with van der Waals surface area (Å²) in [5, 5.41) is 9.40. The summed E-state index contributed by atoms with van der Waals surface area (Å²) in [6, 6.07) is 10.8. The van der Waals surface area contributed by atoms with Crippen LogP contribution >= 0.6 is 0 Å². The molecule has 2 aromatic carbocycles. The molecule has 4 nitrogen and oxygen atoms in total. The van der Waals surface area contributed by atoms with Gasteiger partial charge in [0.05, 0.1) is 0 Å². The van der Waals surface area contributed by atoms with Gasteiger partial charge in [-0.2, -0.15) is 0 Å². The minimum atomic E-state index is 0.163. The third kappa shape index (κ3) is 2.32. The van der Waals surface area contributed by atoms with Crippen LogP contribution in [-0.4, -0.2) is 10.1 Å². The van der Waals surface area contributed by atoms with Crippen LogP contribution in [0.5, 0.6) is 11.5 Å². The Balaban J connectivity index is 1.81. The lowest BCUT2D eigenvalue weighted by atomic mass is 10.1. The molecular formula is C16H15NO3. The molecule has 102 valence electrons. The highest BCUT2D eigenvalue weighted by atomic mass is 16.5. The largest absolute Gasteiger partial charge is 0.508 e. The summed E-state index contributed by atoms with van der Waals surface area (Å²) in [5.41, 5.74) is 3.57. The number of aromatic nitrogens is 1. The van der Waals surface area contributed by atoms with Crippen molar-refractivity contribution in [1.82, 2.24) is 4.98 Å². The Bertz CT molecular complexity index is 762. The average molecular weight is 269 g/mol. The fourth-order valence-electron chi connectivity index (χ4n) is 2.04. The molecule has 0 saturated carbocycles. The molecule has 0 atom stereocenters. The summed E-state index contributed by atoms with van der Waals surface area (Å²) in [6.45, 7) is 4.33. The number of aryl methyl sites for hydroxylation is 1. The van der Waals surface area contributed by atoms with Gasteiger partial charge in [0, 0.05) is 6.07 Å². The van der Waals surface area contributed by atoms with Gasteiger partial charge >= 0.3 is 0 Å². The van der Waals surface area contributed by atoms with E-state index < -0.39 is 0 Å². The van der Waals surface area contributed by atoms with Crippen molar-refractivity contribution >= 4 is 11.1 Å². The molecule has 0 amide bonds. The van der Waals surface area contributed by atoms with Crippen LogP contribution in [0, 0.1) is 13.8 Å². The van der Waals surface area contributed by atoms with E-state index in [9.17, 15) is 5.11 Å². The van der Waals surface area contributed by atoms with Crippen LogP contribution < -0.4 is 4.74 Å². The van der Waals surface area contributed by atoms with E-state index in [2.05, 4.69) is 4.98 Å². The van der Waals surface area contributed by atoms with Crippen molar-refractivity contribution in [3.8, 4) is 11.5 Å². The normalized spacial score (nSPS) is 10.9. The summed E-state index contributed by atoms with van der Waals surface area (Å²) in [7, 11) is 0. The molecule has 0 aliphatic rings. The van der Waals surface area contributed by atoms with Crippen molar-refractivity contribution in [2.45, 2.75) is 20.5 Å². The van der Waals surface area contributed by atoms with E-state index >= 15 is 0 Å². The molecule has 0 unspecified atom stereocenters. The number of aromatic hydroxyl groups is 1. The molecule has 4 heteroatoms. The van der Waals surface area contributed by atoms with Gasteiger partial charge in [-0.15, -0.1) is 0 Å². The van der Waals surface area contributed by atoms with Gasteiger partial charge in [-0.3, -0.25) is 0 Å². The number of nitrogens with zero attached hydrogens (tertiary/aromatic N) is 1. The number of hydrogen-bond acceptors (Lipinski definition) is 4. The second-order valence-electron chi connectivity index (χ2n) is 4.75. The van der Waals surface area contributed by atoms with Crippen LogP contribution in [0.3, 0.4) is 0 Å². The van der Waals surface area contributed by atoms with Crippen LogP contribution in [0.2, 0.25) is 0 Å². The number of hydrogen-bond donors (Lipinski definition) is 1. The minimum absolute atomic E-state index is 0.163. The molecule has 0 aliphatic carbocycles. The second kappa shape index (κ2) is 4.89. The first-order chi connectivity index (χ1) is 9.63. The topological polar surface area (TPSA) is 55.5 Å². The van der Waals surface area contributed by atoms with Crippen LogP contribution in [0.25, 0.3) is 11.1 Å². The van der Waals surface area contributed by atoms with Crippen molar-refractivity contribution < 1.29 is 14.3 Å². The molecule has 0 fully saturated rings. The average Bonchev–Trinajstić information content (AvgIpc) is 2.82. The Labute approximate surface area is 116 Å². The smallest absolute Gasteiger partial charge is 0.233 e. The SMILES string of the molecule is Cc1cccc(OCc2nc3ccc(O)cc3o2)c1C. The lowest BCUT2D eigenvalue weighted by molar-refractivity contribution is 0.265. The minimum Gasteiger partial charge on any atom is -0.508 e. The van der Waals surface area contributed by atoms with Crippen molar-refractivity contribution in [1.29, 1.82) is 0 Å². The Morgan fingerprint density at radius 2 is 2.05 bits per heavy atom. The number of phenols is 1. The van der Waals surface area contributed by atoms with Crippen LogP contribution in [0.15, 0.2) is 40.8 Å². The first-order valence-corrected chi connectivity index (χ1v) is 6.41. The van der Waals surface area contributed by atoms with Gasteiger partial charge < -0.3 is 14.3 Å². The van der Waals surface area contributed by atoms with E-state index in [1.807, 2.05) is 32.0 Å². The van der Waals surface area contributed by atoms with E-state index in [1.54, 1.807) is 18.2 Å². The second-order valence-corrected chi connectivity index (χ2v) is 4.75. The Morgan fingerprint density at radius 1 is 1.20 bits per heavy atom. The van der Waals surface area contributed by atoms with Gasteiger partial charge in [-0.25, -0.2) is 4.98 Å². The fourth-order valence-corrected chi connectivity index (χ4v) is 2.04. The zero-order chi connectivity index (χ0) is 14.1. The zero-order valence-electron chi connectivity index (χ0n) is 11.4. The standard InChI is InChI=1S/C16H15NO3/c1-10-4-3-5-14(11(10)2)19-9-16-17-13-7-6-12(18)8-15(13)20-16/h3-8,18H,9H2,1-2H3. The molecule has 1 N–H and O–H groups in total. The highest BCUT2D eigenvalue weighted by molar-refractivity contribution is 5.74. The van der Waals surface area contributed by atoms with Gasteiger partial charge in [0.1, 0.15) is 17.0 Å². The summed E-state index contributed by atoms with van der Waals surface area (Å²) in [6.07, 6.45) is 0. The van der Waals surface area contributed by atoms with E-state index in [0.29, 0.717) is 17.0 Å². The van der Waals surface area contributed by atoms with Gasteiger partial charge in [0.15, 0.2) is 12.2 Å². The van der Waals surface area contributed by atoms with Crippen LogP contribution in [0.4, 0.5) is 0 Å². The Hall–Kier alpha value is -2.49. The molecule has 0 bridgehead atoms. The van der Waals surface area contributed by atoms with Gasteiger partial charge in [-0.1, -0.05) is 12.1 Å². The summed E-state index contributed by atoms with van der Waals surface area (Å²) >= 11 is 0. The number of rotatable bonds is 3.